The van der Waals surface area contributed by atoms with Gasteiger partial charge in [0.15, 0.2) is 6.61 Å². The number of esters is 1. The molecule has 1 aliphatic heterocycles. The van der Waals surface area contributed by atoms with Crippen molar-refractivity contribution >= 4 is 17.8 Å². The van der Waals surface area contributed by atoms with Gasteiger partial charge in [0, 0.05) is 12.6 Å². The summed E-state index contributed by atoms with van der Waals surface area (Å²) in [6.45, 7) is 0.417. The standard InChI is InChI=1S/C21H30N2O4/c24-18(22-16-3-4-16)12-27-19(25)17-2-1-5-23(17)20(26)21-9-13-6-14(10-21)8-15(7-13)11-21/h13-17H,1-12H2,(H,22,24)/t13?,14?,15?,17-,21?/m0/s1. The van der Waals surface area contributed by atoms with E-state index in [2.05, 4.69) is 5.32 Å². The van der Waals surface area contributed by atoms with Gasteiger partial charge in [0.25, 0.3) is 5.91 Å². The maximum atomic E-state index is 13.5. The molecule has 1 atom stereocenters. The molecule has 0 aromatic heterocycles. The summed E-state index contributed by atoms with van der Waals surface area (Å²) >= 11 is 0. The highest BCUT2D eigenvalue weighted by atomic mass is 16.5. The normalized spacial score (nSPS) is 39.5. The Morgan fingerprint density at radius 1 is 0.963 bits per heavy atom. The zero-order valence-corrected chi connectivity index (χ0v) is 16.0. The van der Waals surface area contributed by atoms with Crippen LogP contribution in [0.2, 0.25) is 0 Å². The summed E-state index contributed by atoms with van der Waals surface area (Å²) in [5.74, 6) is 1.68. The number of rotatable bonds is 5. The van der Waals surface area contributed by atoms with E-state index in [9.17, 15) is 14.4 Å². The van der Waals surface area contributed by atoms with E-state index in [-0.39, 0.29) is 29.9 Å². The first-order valence-corrected chi connectivity index (χ1v) is 10.8. The van der Waals surface area contributed by atoms with Gasteiger partial charge in [-0.3, -0.25) is 9.59 Å². The smallest absolute Gasteiger partial charge is 0.329 e. The average Bonchev–Trinajstić information content (AvgIpc) is 3.30. The minimum atomic E-state index is -0.501. The van der Waals surface area contributed by atoms with Gasteiger partial charge in [-0.15, -0.1) is 0 Å². The van der Waals surface area contributed by atoms with Crippen LogP contribution >= 0.6 is 0 Å². The molecule has 27 heavy (non-hydrogen) atoms. The van der Waals surface area contributed by atoms with Crippen LogP contribution < -0.4 is 5.32 Å². The van der Waals surface area contributed by atoms with Crippen LogP contribution in [0.25, 0.3) is 0 Å². The van der Waals surface area contributed by atoms with E-state index >= 15 is 0 Å². The zero-order valence-electron chi connectivity index (χ0n) is 16.0. The monoisotopic (exact) mass is 374 g/mol. The topological polar surface area (TPSA) is 75.7 Å². The number of nitrogens with one attached hydrogen (secondary N) is 1. The number of nitrogens with zero attached hydrogens (tertiary/aromatic N) is 1. The first kappa shape index (κ1) is 17.5. The van der Waals surface area contributed by atoms with Crippen molar-refractivity contribution < 1.29 is 19.1 Å². The summed E-state index contributed by atoms with van der Waals surface area (Å²) in [6.07, 6.45) is 10.5. The lowest BCUT2D eigenvalue weighted by molar-refractivity contribution is -0.166. The number of hydrogen-bond acceptors (Lipinski definition) is 4. The first-order chi connectivity index (χ1) is 13.0. The van der Waals surface area contributed by atoms with Crippen molar-refractivity contribution in [1.29, 1.82) is 0 Å². The maximum Gasteiger partial charge on any atom is 0.329 e. The molecule has 2 amide bonds. The second kappa shape index (κ2) is 6.49. The molecule has 0 radical (unpaired) electrons. The molecule has 1 heterocycles. The summed E-state index contributed by atoms with van der Waals surface area (Å²) in [7, 11) is 0. The van der Waals surface area contributed by atoms with E-state index < -0.39 is 12.0 Å². The molecule has 148 valence electrons. The van der Waals surface area contributed by atoms with Gasteiger partial charge in [0.2, 0.25) is 5.91 Å². The van der Waals surface area contributed by atoms with E-state index in [4.69, 9.17) is 4.74 Å². The molecule has 1 N–H and O–H groups in total. The van der Waals surface area contributed by atoms with Crippen LogP contribution in [-0.4, -0.2) is 47.9 Å². The molecule has 6 fully saturated rings. The van der Waals surface area contributed by atoms with Crippen LogP contribution in [0.15, 0.2) is 0 Å². The summed E-state index contributed by atoms with van der Waals surface area (Å²) in [5.41, 5.74) is -0.221. The quantitative estimate of drug-likeness (QED) is 0.747. The molecule has 1 saturated heterocycles. The summed E-state index contributed by atoms with van der Waals surface area (Å²) in [4.78, 5) is 39.7. The Hall–Kier alpha value is -1.59. The van der Waals surface area contributed by atoms with Gasteiger partial charge in [0.1, 0.15) is 6.04 Å². The lowest BCUT2D eigenvalue weighted by atomic mass is 9.49. The molecule has 0 spiro atoms. The van der Waals surface area contributed by atoms with Crippen molar-refractivity contribution in [3.8, 4) is 0 Å². The largest absolute Gasteiger partial charge is 0.454 e. The highest BCUT2D eigenvalue weighted by Crippen LogP contribution is 2.60. The average molecular weight is 374 g/mol. The molecular formula is C21H30N2O4. The van der Waals surface area contributed by atoms with Crippen LogP contribution in [0.4, 0.5) is 0 Å². The first-order valence-electron chi connectivity index (χ1n) is 10.8. The number of ether oxygens (including phenoxy) is 1. The molecule has 5 aliphatic carbocycles. The van der Waals surface area contributed by atoms with Crippen molar-refractivity contribution in [2.75, 3.05) is 13.2 Å². The maximum absolute atomic E-state index is 13.5. The van der Waals surface area contributed by atoms with E-state index in [0.717, 1.165) is 38.5 Å². The Morgan fingerprint density at radius 2 is 1.59 bits per heavy atom. The second-order valence-electron chi connectivity index (χ2n) is 9.80. The molecule has 6 heteroatoms. The van der Waals surface area contributed by atoms with E-state index in [1.807, 2.05) is 0 Å². The van der Waals surface area contributed by atoms with Gasteiger partial charge in [-0.25, -0.2) is 4.79 Å². The molecule has 0 aromatic carbocycles. The van der Waals surface area contributed by atoms with E-state index in [0.29, 0.717) is 30.7 Å². The summed E-state index contributed by atoms with van der Waals surface area (Å²) in [6, 6.07) is -0.240. The zero-order chi connectivity index (χ0) is 18.6. The molecule has 5 saturated carbocycles. The number of hydrogen-bond donors (Lipinski definition) is 1. The molecule has 0 unspecified atom stereocenters. The van der Waals surface area contributed by atoms with Gasteiger partial charge in [0.05, 0.1) is 5.41 Å². The predicted octanol–water partition coefficient (Wildman–Crippen LogP) is 2.02. The fourth-order valence-electron chi connectivity index (χ4n) is 6.66. The van der Waals surface area contributed by atoms with E-state index in [1.165, 1.54) is 19.3 Å². The Morgan fingerprint density at radius 3 is 2.19 bits per heavy atom. The van der Waals surface area contributed by atoms with Crippen molar-refractivity contribution in [3.63, 3.8) is 0 Å². The SMILES string of the molecule is O=C(COC(=O)[C@@H]1CCCN1C(=O)C12CC3CC(CC(C3)C1)C2)NC1CC1. The third kappa shape index (κ3) is 3.25. The van der Waals surface area contributed by atoms with Gasteiger partial charge in [-0.1, -0.05) is 0 Å². The van der Waals surface area contributed by atoms with Crippen LogP contribution in [0.3, 0.4) is 0 Å². The molecule has 0 aromatic rings. The molecule has 4 bridgehead atoms. The lowest BCUT2D eigenvalue weighted by Crippen LogP contribution is -2.56. The lowest BCUT2D eigenvalue weighted by Gasteiger charge is -2.56. The van der Waals surface area contributed by atoms with Crippen molar-refractivity contribution in [2.24, 2.45) is 23.2 Å². The fourth-order valence-corrected chi connectivity index (χ4v) is 6.66. The van der Waals surface area contributed by atoms with Gasteiger partial charge in [-0.2, -0.15) is 0 Å². The molecular weight excluding hydrogens is 344 g/mol. The van der Waals surface area contributed by atoms with Crippen LogP contribution in [0, 0.1) is 23.2 Å². The second-order valence-corrected chi connectivity index (χ2v) is 9.80. The number of carbonyl (C=O) groups excluding carboxylic acids is 3. The van der Waals surface area contributed by atoms with Crippen molar-refractivity contribution in [2.45, 2.75) is 76.3 Å². The van der Waals surface area contributed by atoms with E-state index in [1.54, 1.807) is 4.90 Å². The highest BCUT2D eigenvalue weighted by molar-refractivity contribution is 5.90. The predicted molar refractivity (Wildman–Crippen MR) is 97.5 cm³/mol. The van der Waals surface area contributed by atoms with Gasteiger partial charge < -0.3 is 15.0 Å². The Kier molecular flexibility index (Phi) is 4.21. The number of carbonyl (C=O) groups is 3. The number of likely N-dealkylation sites (tertiary alicyclic amines) is 1. The minimum absolute atomic E-state index is 0.198. The number of amides is 2. The van der Waals surface area contributed by atoms with Crippen molar-refractivity contribution in [3.05, 3.63) is 0 Å². The minimum Gasteiger partial charge on any atom is -0.454 e. The van der Waals surface area contributed by atoms with Crippen molar-refractivity contribution in [1.82, 2.24) is 10.2 Å². The third-order valence-electron chi connectivity index (χ3n) is 7.57. The molecule has 6 nitrogen and oxygen atoms in total. The Labute approximate surface area is 160 Å². The van der Waals surface area contributed by atoms with Crippen LogP contribution in [0.1, 0.15) is 64.2 Å². The van der Waals surface area contributed by atoms with Crippen LogP contribution in [0.5, 0.6) is 0 Å². The summed E-state index contributed by atoms with van der Waals surface area (Å²) < 4.78 is 5.27. The molecule has 6 aliphatic rings. The van der Waals surface area contributed by atoms with Gasteiger partial charge >= 0.3 is 5.97 Å². The molecule has 6 rings (SSSR count). The highest BCUT2D eigenvalue weighted by Gasteiger charge is 2.57. The summed E-state index contributed by atoms with van der Waals surface area (Å²) in [5, 5.41) is 2.83. The Balaban J connectivity index is 1.23. The van der Waals surface area contributed by atoms with Gasteiger partial charge in [-0.05, 0) is 82.0 Å². The Bertz CT molecular complexity index is 621. The fraction of sp³-hybridized carbons (Fsp3) is 0.857. The van der Waals surface area contributed by atoms with Crippen LogP contribution in [-0.2, 0) is 19.1 Å². The third-order valence-corrected chi connectivity index (χ3v) is 7.57.